The van der Waals surface area contributed by atoms with Crippen LogP contribution >= 0.6 is 19.4 Å². The standard InChI is InChI=1S/C17H19ClN5O9P/c18-11-7(8(25)1-2-9(11)32-33(28,29)30)3-19-15-12-16(21-5-20-15)23(6-22-12)17-14(27)13(26)10(4-24)31-17/h1-2,5-6,10,13-14,17,24-27H,3-4H2,(H,19,20,21)(H2,28,29,30)/t10-,13-,14-,17-/m1/s1. The van der Waals surface area contributed by atoms with E-state index in [1.54, 1.807) is 0 Å². The number of phenolic OH excluding ortho intramolecular Hbond substituents is 1. The van der Waals surface area contributed by atoms with Crippen LogP contribution < -0.4 is 9.84 Å². The lowest BCUT2D eigenvalue weighted by Crippen LogP contribution is -2.33. The van der Waals surface area contributed by atoms with Gasteiger partial charge in [-0.3, -0.25) is 14.4 Å². The highest BCUT2D eigenvalue weighted by Crippen LogP contribution is 2.44. The predicted octanol–water partition coefficient (Wildman–Crippen LogP) is -0.120. The van der Waals surface area contributed by atoms with Gasteiger partial charge in [-0.15, -0.1) is 0 Å². The summed E-state index contributed by atoms with van der Waals surface area (Å²) < 4.78 is 22.5. The van der Waals surface area contributed by atoms with Gasteiger partial charge in [-0.1, -0.05) is 11.6 Å². The number of nitrogens with zero attached hydrogens (tertiary/aromatic N) is 4. The Morgan fingerprint density at radius 2 is 1.97 bits per heavy atom. The largest absolute Gasteiger partial charge is 0.524 e. The fourth-order valence-corrected chi connectivity index (χ4v) is 4.13. The molecule has 0 radical (unpaired) electrons. The summed E-state index contributed by atoms with van der Waals surface area (Å²) in [5.41, 5.74) is 0.585. The molecule has 7 N–H and O–H groups in total. The van der Waals surface area contributed by atoms with Crippen LogP contribution in [0.3, 0.4) is 0 Å². The number of rotatable bonds is 7. The van der Waals surface area contributed by atoms with Crippen LogP contribution in [0.1, 0.15) is 11.8 Å². The maximum atomic E-state index is 11.1. The van der Waals surface area contributed by atoms with E-state index in [1.807, 2.05) is 0 Å². The van der Waals surface area contributed by atoms with Crippen molar-refractivity contribution in [1.29, 1.82) is 0 Å². The molecule has 3 heterocycles. The summed E-state index contributed by atoms with van der Waals surface area (Å²) in [5, 5.41) is 42.4. The van der Waals surface area contributed by atoms with E-state index in [1.165, 1.54) is 23.3 Å². The van der Waals surface area contributed by atoms with Gasteiger partial charge in [-0.05, 0) is 12.1 Å². The highest BCUT2D eigenvalue weighted by atomic mass is 35.5. The first-order chi connectivity index (χ1) is 15.6. The minimum atomic E-state index is -4.87. The molecule has 0 saturated carbocycles. The highest BCUT2D eigenvalue weighted by molar-refractivity contribution is 7.46. The molecule has 0 unspecified atom stereocenters. The first-order valence-electron chi connectivity index (χ1n) is 9.40. The molecule has 0 aliphatic carbocycles. The molecule has 2 aromatic heterocycles. The molecule has 0 spiro atoms. The van der Waals surface area contributed by atoms with Crippen molar-refractivity contribution in [2.24, 2.45) is 0 Å². The van der Waals surface area contributed by atoms with Crippen LogP contribution in [0.15, 0.2) is 24.8 Å². The van der Waals surface area contributed by atoms with Crippen LogP contribution in [0.25, 0.3) is 11.2 Å². The Morgan fingerprint density at radius 3 is 2.64 bits per heavy atom. The molecule has 3 aromatic rings. The molecule has 178 valence electrons. The molecule has 4 atom stereocenters. The van der Waals surface area contributed by atoms with E-state index in [2.05, 4.69) is 24.8 Å². The van der Waals surface area contributed by atoms with Gasteiger partial charge in [0.15, 0.2) is 29.0 Å². The Hall–Kier alpha value is -2.55. The number of fused-ring (bicyclic) bond motifs is 1. The molecule has 0 amide bonds. The van der Waals surface area contributed by atoms with Crippen molar-refractivity contribution >= 4 is 36.4 Å². The number of phosphoric ester groups is 1. The highest BCUT2D eigenvalue weighted by Gasteiger charge is 2.44. The van der Waals surface area contributed by atoms with Gasteiger partial charge in [0.1, 0.15) is 30.4 Å². The predicted molar refractivity (Wildman–Crippen MR) is 111 cm³/mol. The Kier molecular flexibility index (Phi) is 6.44. The molecule has 16 heteroatoms. The number of hydrogen-bond acceptors (Lipinski definition) is 11. The number of aliphatic hydroxyl groups is 3. The second-order valence-corrected chi connectivity index (χ2v) is 8.63. The van der Waals surface area contributed by atoms with Crippen LogP contribution in [0.4, 0.5) is 5.82 Å². The quantitative estimate of drug-likeness (QED) is 0.210. The third-order valence-corrected chi connectivity index (χ3v) is 5.83. The minimum absolute atomic E-state index is 0.0808. The summed E-state index contributed by atoms with van der Waals surface area (Å²) in [7, 11) is -4.87. The van der Waals surface area contributed by atoms with Gasteiger partial charge < -0.3 is 35.0 Å². The number of benzene rings is 1. The molecule has 0 bridgehead atoms. The smallest absolute Gasteiger partial charge is 0.508 e. The summed E-state index contributed by atoms with van der Waals surface area (Å²) in [6.45, 7) is -0.617. The van der Waals surface area contributed by atoms with Crippen molar-refractivity contribution in [1.82, 2.24) is 19.5 Å². The van der Waals surface area contributed by atoms with Crippen molar-refractivity contribution in [2.75, 3.05) is 11.9 Å². The normalized spacial score (nSPS) is 23.2. The summed E-state index contributed by atoms with van der Waals surface area (Å²) >= 11 is 6.14. The first kappa shape index (κ1) is 23.6. The number of halogens is 1. The lowest BCUT2D eigenvalue weighted by molar-refractivity contribution is -0.0511. The van der Waals surface area contributed by atoms with E-state index in [4.69, 9.17) is 26.1 Å². The average Bonchev–Trinajstić information content (AvgIpc) is 3.31. The van der Waals surface area contributed by atoms with Crippen LogP contribution in [0.2, 0.25) is 5.02 Å². The van der Waals surface area contributed by atoms with Crippen molar-refractivity contribution in [3.05, 3.63) is 35.4 Å². The second-order valence-electron chi connectivity index (χ2n) is 7.09. The van der Waals surface area contributed by atoms with Crippen LogP contribution in [0.5, 0.6) is 11.5 Å². The Balaban J connectivity index is 1.60. The van der Waals surface area contributed by atoms with Gasteiger partial charge >= 0.3 is 7.82 Å². The molecule has 1 fully saturated rings. The summed E-state index contributed by atoms with van der Waals surface area (Å²) in [6.07, 6.45) is -2.13. The van der Waals surface area contributed by atoms with E-state index in [0.29, 0.717) is 0 Å². The Morgan fingerprint density at radius 1 is 1.21 bits per heavy atom. The number of phosphoric acid groups is 1. The maximum absolute atomic E-state index is 11.1. The molecule has 1 saturated heterocycles. The number of anilines is 1. The van der Waals surface area contributed by atoms with Gasteiger partial charge in [0.2, 0.25) is 0 Å². The molecular formula is C17H19ClN5O9P. The summed E-state index contributed by atoms with van der Waals surface area (Å²) in [5.74, 6) is -0.365. The van der Waals surface area contributed by atoms with E-state index in [0.717, 1.165) is 6.07 Å². The number of aromatic hydroxyl groups is 1. The van der Waals surface area contributed by atoms with E-state index < -0.39 is 39.0 Å². The lowest BCUT2D eigenvalue weighted by Gasteiger charge is -2.16. The first-order valence-corrected chi connectivity index (χ1v) is 11.3. The molecule has 1 aromatic carbocycles. The van der Waals surface area contributed by atoms with Gasteiger partial charge in [-0.2, -0.15) is 0 Å². The third-order valence-electron chi connectivity index (χ3n) is 4.98. The Bertz CT molecular complexity index is 1220. The maximum Gasteiger partial charge on any atom is 0.524 e. The molecular weight excluding hydrogens is 485 g/mol. The van der Waals surface area contributed by atoms with Crippen LogP contribution in [0, 0.1) is 0 Å². The van der Waals surface area contributed by atoms with Crippen molar-refractivity contribution in [3.8, 4) is 11.5 Å². The second kappa shape index (κ2) is 9.00. The number of aromatic nitrogens is 4. The van der Waals surface area contributed by atoms with Crippen LogP contribution in [-0.4, -0.2) is 74.7 Å². The topological polar surface area (TPSA) is 213 Å². The molecule has 1 aliphatic heterocycles. The molecule has 14 nitrogen and oxygen atoms in total. The van der Waals surface area contributed by atoms with Gasteiger partial charge in [0, 0.05) is 12.1 Å². The molecule has 4 rings (SSSR count). The van der Waals surface area contributed by atoms with Crippen molar-refractivity contribution in [2.45, 2.75) is 31.1 Å². The SMILES string of the molecule is O=P(O)(O)Oc1ccc(O)c(CNc2ncnc3c2ncn3[C@@H]2O[C@H](CO)[C@@H](O)[C@H]2O)c1Cl. The van der Waals surface area contributed by atoms with Gasteiger partial charge in [0.05, 0.1) is 18.0 Å². The number of nitrogens with one attached hydrogen (secondary N) is 1. The zero-order chi connectivity index (χ0) is 23.9. The average molecular weight is 504 g/mol. The lowest BCUT2D eigenvalue weighted by atomic mass is 10.1. The van der Waals surface area contributed by atoms with Crippen molar-refractivity contribution in [3.63, 3.8) is 0 Å². The van der Waals surface area contributed by atoms with E-state index >= 15 is 0 Å². The van der Waals surface area contributed by atoms with Crippen molar-refractivity contribution < 1.29 is 44.0 Å². The monoisotopic (exact) mass is 503 g/mol. The van der Waals surface area contributed by atoms with E-state index in [9.17, 15) is 25.0 Å². The zero-order valence-corrected chi connectivity index (χ0v) is 18.2. The van der Waals surface area contributed by atoms with Gasteiger partial charge in [0.25, 0.3) is 0 Å². The minimum Gasteiger partial charge on any atom is -0.508 e. The molecule has 33 heavy (non-hydrogen) atoms. The number of ether oxygens (including phenoxy) is 1. The molecule has 1 aliphatic rings. The summed E-state index contributed by atoms with van der Waals surface area (Å²) in [4.78, 5) is 30.5. The number of phenols is 1. The third kappa shape index (κ3) is 4.60. The fraction of sp³-hybridized carbons (Fsp3) is 0.353. The zero-order valence-electron chi connectivity index (χ0n) is 16.6. The van der Waals surface area contributed by atoms with Gasteiger partial charge in [-0.25, -0.2) is 19.5 Å². The summed E-state index contributed by atoms with van der Waals surface area (Å²) in [6, 6.07) is 2.28. The Labute approximate surface area is 190 Å². The number of hydrogen-bond donors (Lipinski definition) is 7. The number of aliphatic hydroxyl groups excluding tert-OH is 3. The number of imidazole rings is 1. The fourth-order valence-electron chi connectivity index (χ4n) is 3.41. The van der Waals surface area contributed by atoms with E-state index in [-0.39, 0.29) is 45.6 Å². The van der Waals surface area contributed by atoms with Crippen LogP contribution in [-0.2, 0) is 15.8 Å².